The molecule has 0 radical (unpaired) electrons. The van der Waals surface area contributed by atoms with E-state index in [1.807, 2.05) is 7.05 Å². The Labute approximate surface area is 153 Å². The van der Waals surface area contributed by atoms with Crippen molar-refractivity contribution in [2.45, 2.75) is 17.9 Å². The minimum absolute atomic E-state index is 0.0750. The second kappa shape index (κ2) is 8.46. The van der Waals surface area contributed by atoms with Crippen LogP contribution < -0.4 is 5.32 Å². The number of hydrogen-bond donors (Lipinski definition) is 1. The lowest BCUT2D eigenvalue weighted by atomic mass is 10.2. The molecule has 0 bridgehead atoms. The SMILES string of the molecule is COC[C@@H](C)NC(=O)c1cc(S(=O)(=O)N2CCN(C)CC2)ccc1Cl. The quantitative estimate of drug-likeness (QED) is 0.786. The second-order valence-electron chi connectivity index (χ2n) is 6.18. The number of halogens is 1. The molecule has 140 valence electrons. The monoisotopic (exact) mass is 389 g/mol. The van der Waals surface area contributed by atoms with Crippen molar-refractivity contribution in [1.82, 2.24) is 14.5 Å². The van der Waals surface area contributed by atoms with Gasteiger partial charge in [-0.2, -0.15) is 4.31 Å². The molecular weight excluding hydrogens is 366 g/mol. The number of rotatable bonds is 6. The van der Waals surface area contributed by atoms with Gasteiger partial charge in [-0.1, -0.05) is 11.6 Å². The largest absolute Gasteiger partial charge is 0.383 e. The summed E-state index contributed by atoms with van der Waals surface area (Å²) in [5.74, 6) is -0.426. The maximum Gasteiger partial charge on any atom is 0.253 e. The fourth-order valence-electron chi connectivity index (χ4n) is 2.61. The zero-order valence-corrected chi connectivity index (χ0v) is 16.2. The smallest absolute Gasteiger partial charge is 0.253 e. The minimum Gasteiger partial charge on any atom is -0.383 e. The Morgan fingerprint density at radius 1 is 1.32 bits per heavy atom. The number of carbonyl (C=O) groups is 1. The van der Waals surface area contributed by atoms with E-state index in [9.17, 15) is 13.2 Å². The number of amides is 1. The first-order valence-corrected chi connectivity index (χ1v) is 9.85. The molecular formula is C16H24ClN3O4S. The maximum absolute atomic E-state index is 12.8. The highest BCUT2D eigenvalue weighted by molar-refractivity contribution is 7.89. The van der Waals surface area contributed by atoms with E-state index in [2.05, 4.69) is 10.2 Å². The topological polar surface area (TPSA) is 78.9 Å². The number of sulfonamides is 1. The summed E-state index contributed by atoms with van der Waals surface area (Å²) < 4.78 is 32.1. The van der Waals surface area contributed by atoms with Crippen LogP contribution in [0.5, 0.6) is 0 Å². The average molecular weight is 390 g/mol. The van der Waals surface area contributed by atoms with Gasteiger partial charge in [0.05, 0.1) is 22.1 Å². The van der Waals surface area contributed by atoms with Gasteiger partial charge in [0.1, 0.15) is 0 Å². The number of carbonyl (C=O) groups excluding carboxylic acids is 1. The molecule has 1 aromatic rings. The number of nitrogens with zero attached hydrogens (tertiary/aromatic N) is 2. The highest BCUT2D eigenvalue weighted by Crippen LogP contribution is 2.24. The lowest BCUT2D eigenvalue weighted by Crippen LogP contribution is -2.47. The van der Waals surface area contributed by atoms with Gasteiger partial charge in [-0.05, 0) is 32.2 Å². The zero-order valence-electron chi connectivity index (χ0n) is 14.7. The number of benzene rings is 1. The molecule has 0 spiro atoms. The molecule has 0 saturated carbocycles. The lowest BCUT2D eigenvalue weighted by Gasteiger charge is -2.31. The van der Waals surface area contributed by atoms with Gasteiger partial charge in [0.15, 0.2) is 0 Å². The third-order valence-electron chi connectivity index (χ3n) is 4.08. The summed E-state index contributed by atoms with van der Waals surface area (Å²) in [6.45, 7) is 4.34. The molecule has 1 heterocycles. The van der Waals surface area contributed by atoms with Crippen molar-refractivity contribution in [3.63, 3.8) is 0 Å². The molecule has 7 nitrogen and oxygen atoms in total. The van der Waals surface area contributed by atoms with Gasteiger partial charge in [0.25, 0.3) is 5.91 Å². The van der Waals surface area contributed by atoms with Gasteiger partial charge in [0, 0.05) is 39.3 Å². The Hall–Kier alpha value is -1.19. The fourth-order valence-corrected chi connectivity index (χ4v) is 4.26. The molecule has 1 aromatic carbocycles. The van der Waals surface area contributed by atoms with Crippen LogP contribution in [-0.4, -0.2) is 76.5 Å². The first-order chi connectivity index (χ1) is 11.8. The van der Waals surface area contributed by atoms with E-state index in [-0.39, 0.29) is 21.5 Å². The van der Waals surface area contributed by atoms with Crippen LogP contribution in [-0.2, 0) is 14.8 Å². The summed E-state index contributed by atoms with van der Waals surface area (Å²) in [5.41, 5.74) is 0.139. The van der Waals surface area contributed by atoms with Crippen LogP contribution in [0.2, 0.25) is 5.02 Å². The predicted molar refractivity (Wildman–Crippen MR) is 96.5 cm³/mol. The van der Waals surface area contributed by atoms with Crippen molar-refractivity contribution in [1.29, 1.82) is 0 Å². The zero-order chi connectivity index (χ0) is 18.6. The van der Waals surface area contributed by atoms with E-state index in [1.54, 1.807) is 14.0 Å². The van der Waals surface area contributed by atoms with Crippen molar-refractivity contribution < 1.29 is 17.9 Å². The Morgan fingerprint density at radius 3 is 2.56 bits per heavy atom. The minimum atomic E-state index is -3.65. The number of piperazine rings is 1. The third kappa shape index (κ3) is 4.92. The molecule has 1 aliphatic rings. The van der Waals surface area contributed by atoms with E-state index in [0.717, 1.165) is 0 Å². The molecule has 25 heavy (non-hydrogen) atoms. The number of methoxy groups -OCH3 is 1. The van der Waals surface area contributed by atoms with Crippen LogP contribution in [0.15, 0.2) is 23.1 Å². The predicted octanol–water partition coefficient (Wildman–Crippen LogP) is 1.04. The van der Waals surface area contributed by atoms with Crippen molar-refractivity contribution in [2.75, 3.05) is 46.9 Å². The van der Waals surface area contributed by atoms with Gasteiger partial charge >= 0.3 is 0 Å². The lowest BCUT2D eigenvalue weighted by molar-refractivity contribution is 0.0905. The number of likely N-dealkylation sites (N-methyl/N-ethyl adjacent to an activating group) is 1. The molecule has 1 atom stereocenters. The summed E-state index contributed by atoms with van der Waals surface area (Å²) in [7, 11) is -0.159. The fraction of sp³-hybridized carbons (Fsp3) is 0.562. The molecule has 2 rings (SSSR count). The number of nitrogens with one attached hydrogen (secondary N) is 1. The van der Waals surface area contributed by atoms with E-state index in [4.69, 9.17) is 16.3 Å². The van der Waals surface area contributed by atoms with Crippen molar-refractivity contribution in [2.24, 2.45) is 0 Å². The van der Waals surface area contributed by atoms with Gasteiger partial charge in [-0.3, -0.25) is 4.79 Å². The summed E-state index contributed by atoms with van der Waals surface area (Å²) in [6, 6.07) is 4.00. The Balaban J connectivity index is 2.24. The Kier molecular flexibility index (Phi) is 6.81. The molecule has 9 heteroatoms. The van der Waals surface area contributed by atoms with E-state index in [1.165, 1.54) is 22.5 Å². The Morgan fingerprint density at radius 2 is 1.96 bits per heavy atom. The van der Waals surface area contributed by atoms with Gasteiger partial charge in [-0.25, -0.2) is 8.42 Å². The first kappa shape index (κ1) is 20.1. The standard InChI is InChI=1S/C16H24ClN3O4S/c1-12(11-24-3)18-16(21)14-10-13(4-5-15(14)17)25(22,23)20-8-6-19(2)7-9-20/h4-5,10,12H,6-9,11H2,1-3H3,(H,18,21)/t12-/m1/s1. The Bertz CT molecular complexity index is 718. The summed E-state index contributed by atoms with van der Waals surface area (Å²) in [5, 5.41) is 2.95. The highest BCUT2D eigenvalue weighted by Gasteiger charge is 2.28. The summed E-state index contributed by atoms with van der Waals surface area (Å²) in [6.07, 6.45) is 0. The van der Waals surface area contributed by atoms with Crippen LogP contribution in [0.25, 0.3) is 0 Å². The van der Waals surface area contributed by atoms with Crippen LogP contribution in [0.4, 0.5) is 0 Å². The summed E-state index contributed by atoms with van der Waals surface area (Å²) >= 11 is 6.10. The van der Waals surface area contributed by atoms with E-state index >= 15 is 0 Å². The van der Waals surface area contributed by atoms with Crippen LogP contribution >= 0.6 is 11.6 Å². The molecule has 1 fully saturated rings. The van der Waals surface area contributed by atoms with Crippen LogP contribution in [0, 0.1) is 0 Å². The van der Waals surface area contributed by atoms with Crippen molar-refractivity contribution in [3.8, 4) is 0 Å². The van der Waals surface area contributed by atoms with Gasteiger partial charge < -0.3 is 15.0 Å². The molecule has 1 N–H and O–H groups in total. The van der Waals surface area contributed by atoms with Crippen molar-refractivity contribution in [3.05, 3.63) is 28.8 Å². The molecule has 1 saturated heterocycles. The maximum atomic E-state index is 12.8. The molecule has 0 unspecified atom stereocenters. The van der Waals surface area contributed by atoms with Crippen molar-refractivity contribution >= 4 is 27.5 Å². The van der Waals surface area contributed by atoms with E-state index < -0.39 is 15.9 Å². The summed E-state index contributed by atoms with van der Waals surface area (Å²) in [4.78, 5) is 14.5. The second-order valence-corrected chi connectivity index (χ2v) is 8.52. The third-order valence-corrected chi connectivity index (χ3v) is 6.30. The van der Waals surface area contributed by atoms with Gasteiger partial charge in [0.2, 0.25) is 10.0 Å². The first-order valence-electron chi connectivity index (χ1n) is 8.03. The van der Waals surface area contributed by atoms with Crippen LogP contribution in [0.1, 0.15) is 17.3 Å². The molecule has 1 aliphatic heterocycles. The molecule has 1 amide bonds. The highest BCUT2D eigenvalue weighted by atomic mass is 35.5. The molecule has 0 aliphatic carbocycles. The average Bonchev–Trinajstić information content (AvgIpc) is 2.55. The normalized spacial score (nSPS) is 18.1. The number of ether oxygens (including phenoxy) is 1. The van der Waals surface area contributed by atoms with Crippen LogP contribution in [0.3, 0.4) is 0 Å². The number of hydrogen-bond acceptors (Lipinski definition) is 5. The van der Waals surface area contributed by atoms with E-state index in [0.29, 0.717) is 32.8 Å². The molecule has 0 aromatic heterocycles. The van der Waals surface area contributed by atoms with Gasteiger partial charge in [-0.15, -0.1) is 0 Å².